The van der Waals surface area contributed by atoms with Gasteiger partial charge in [-0.05, 0) is 52.3 Å². The SMILES string of the molecule is O=c1cc(-c2ccc(O)cc2)oc2c(Cl)c(Br)ccc12. The predicted octanol–water partition coefficient (Wildman–Crippen LogP) is 4.58. The van der Waals surface area contributed by atoms with Gasteiger partial charge in [0.15, 0.2) is 11.0 Å². The van der Waals surface area contributed by atoms with E-state index in [0.29, 0.717) is 31.8 Å². The molecular formula is C15H8BrClO3. The summed E-state index contributed by atoms with van der Waals surface area (Å²) in [5, 5.41) is 10.1. The van der Waals surface area contributed by atoms with E-state index in [1.54, 1.807) is 24.3 Å². The second kappa shape index (κ2) is 4.96. The molecule has 0 amide bonds. The van der Waals surface area contributed by atoms with E-state index in [2.05, 4.69) is 15.9 Å². The number of phenols is 1. The molecule has 0 saturated heterocycles. The summed E-state index contributed by atoms with van der Waals surface area (Å²) in [5.74, 6) is 0.556. The average molecular weight is 352 g/mol. The van der Waals surface area contributed by atoms with Crippen LogP contribution >= 0.6 is 27.5 Å². The van der Waals surface area contributed by atoms with E-state index >= 15 is 0 Å². The Morgan fingerprint density at radius 1 is 1.10 bits per heavy atom. The van der Waals surface area contributed by atoms with E-state index in [4.69, 9.17) is 16.0 Å². The third-order valence-electron chi connectivity index (χ3n) is 2.94. The maximum Gasteiger partial charge on any atom is 0.193 e. The molecule has 0 spiro atoms. The quantitative estimate of drug-likeness (QED) is 0.698. The third-order valence-corrected chi connectivity index (χ3v) is 4.21. The summed E-state index contributed by atoms with van der Waals surface area (Å²) in [6.45, 7) is 0. The molecule has 0 aliphatic rings. The second-order valence-corrected chi connectivity index (χ2v) is 5.49. The number of fused-ring (bicyclic) bond motifs is 1. The fourth-order valence-corrected chi connectivity index (χ4v) is 2.45. The molecule has 1 aromatic heterocycles. The van der Waals surface area contributed by atoms with Gasteiger partial charge in [-0.2, -0.15) is 0 Å². The minimum atomic E-state index is -0.163. The Hall–Kier alpha value is -1.78. The van der Waals surface area contributed by atoms with Gasteiger partial charge >= 0.3 is 0 Å². The lowest BCUT2D eigenvalue weighted by Crippen LogP contribution is -2.00. The van der Waals surface area contributed by atoms with Crippen LogP contribution in [0, 0.1) is 0 Å². The van der Waals surface area contributed by atoms with Gasteiger partial charge in [0.1, 0.15) is 11.5 Å². The summed E-state index contributed by atoms with van der Waals surface area (Å²) in [6, 6.07) is 11.2. The first kappa shape index (κ1) is 13.2. The Morgan fingerprint density at radius 2 is 1.80 bits per heavy atom. The van der Waals surface area contributed by atoms with Crippen LogP contribution in [0.1, 0.15) is 0 Å². The van der Waals surface area contributed by atoms with Crippen molar-refractivity contribution in [2.24, 2.45) is 0 Å². The van der Waals surface area contributed by atoms with Crippen molar-refractivity contribution in [3.63, 3.8) is 0 Å². The molecule has 0 aliphatic heterocycles. The minimum absolute atomic E-state index is 0.151. The van der Waals surface area contributed by atoms with Crippen molar-refractivity contribution in [1.29, 1.82) is 0 Å². The van der Waals surface area contributed by atoms with Gasteiger partial charge in [0.05, 0.1) is 10.4 Å². The highest BCUT2D eigenvalue weighted by Gasteiger charge is 2.11. The van der Waals surface area contributed by atoms with Crippen molar-refractivity contribution in [2.45, 2.75) is 0 Å². The summed E-state index contributed by atoms with van der Waals surface area (Å²) in [7, 11) is 0. The smallest absolute Gasteiger partial charge is 0.193 e. The molecule has 3 rings (SSSR count). The summed E-state index contributed by atoms with van der Waals surface area (Å²) in [5.41, 5.74) is 0.873. The largest absolute Gasteiger partial charge is 0.508 e. The summed E-state index contributed by atoms with van der Waals surface area (Å²) >= 11 is 9.47. The molecule has 0 radical (unpaired) electrons. The van der Waals surface area contributed by atoms with Crippen molar-refractivity contribution < 1.29 is 9.52 Å². The van der Waals surface area contributed by atoms with Gasteiger partial charge in [-0.1, -0.05) is 11.6 Å². The number of aromatic hydroxyl groups is 1. The van der Waals surface area contributed by atoms with Gasteiger partial charge < -0.3 is 9.52 Å². The Balaban J connectivity index is 2.31. The molecule has 0 bridgehead atoms. The molecule has 0 aliphatic carbocycles. The van der Waals surface area contributed by atoms with Crippen LogP contribution in [0.2, 0.25) is 5.02 Å². The topological polar surface area (TPSA) is 50.4 Å². The van der Waals surface area contributed by atoms with Crippen molar-refractivity contribution in [3.05, 3.63) is 62.2 Å². The van der Waals surface area contributed by atoms with Crippen LogP contribution < -0.4 is 5.43 Å². The number of hydrogen-bond acceptors (Lipinski definition) is 3. The van der Waals surface area contributed by atoms with Gasteiger partial charge in [-0.15, -0.1) is 0 Å². The fourth-order valence-electron chi connectivity index (χ4n) is 1.93. The maximum absolute atomic E-state index is 12.1. The first-order valence-electron chi connectivity index (χ1n) is 5.77. The zero-order valence-electron chi connectivity index (χ0n) is 10.1. The predicted molar refractivity (Wildman–Crippen MR) is 82.3 cm³/mol. The molecule has 0 unspecified atom stereocenters. The maximum atomic E-state index is 12.1. The Kier molecular flexibility index (Phi) is 3.28. The van der Waals surface area contributed by atoms with Gasteiger partial charge in [0.2, 0.25) is 0 Å². The van der Waals surface area contributed by atoms with Crippen LogP contribution in [0.5, 0.6) is 5.75 Å². The molecule has 0 fully saturated rings. The number of benzene rings is 2. The van der Waals surface area contributed by atoms with Crippen molar-refractivity contribution >= 4 is 38.5 Å². The van der Waals surface area contributed by atoms with E-state index in [0.717, 1.165) is 0 Å². The lowest BCUT2D eigenvalue weighted by atomic mass is 10.1. The van der Waals surface area contributed by atoms with E-state index in [1.807, 2.05) is 0 Å². The minimum Gasteiger partial charge on any atom is -0.508 e. The number of rotatable bonds is 1. The van der Waals surface area contributed by atoms with Crippen LogP contribution in [-0.4, -0.2) is 5.11 Å². The Bertz CT molecular complexity index is 853. The Morgan fingerprint density at radius 3 is 2.50 bits per heavy atom. The van der Waals surface area contributed by atoms with E-state index < -0.39 is 0 Å². The standard InChI is InChI=1S/C15H8BrClO3/c16-11-6-5-10-12(19)7-13(20-15(10)14(11)17)8-1-3-9(18)4-2-8/h1-7,18H. The monoisotopic (exact) mass is 350 g/mol. The molecule has 20 heavy (non-hydrogen) atoms. The van der Waals surface area contributed by atoms with E-state index in [9.17, 15) is 9.90 Å². The summed E-state index contributed by atoms with van der Waals surface area (Å²) in [6.07, 6.45) is 0. The van der Waals surface area contributed by atoms with Crippen LogP contribution in [0.25, 0.3) is 22.3 Å². The second-order valence-electron chi connectivity index (χ2n) is 4.26. The van der Waals surface area contributed by atoms with Gasteiger partial charge in [0.25, 0.3) is 0 Å². The molecule has 1 heterocycles. The highest BCUT2D eigenvalue weighted by atomic mass is 79.9. The lowest BCUT2D eigenvalue weighted by molar-refractivity contribution is 0.475. The lowest BCUT2D eigenvalue weighted by Gasteiger charge is -2.05. The van der Waals surface area contributed by atoms with Gasteiger partial charge in [0, 0.05) is 16.1 Å². The van der Waals surface area contributed by atoms with Crippen molar-refractivity contribution in [1.82, 2.24) is 0 Å². The van der Waals surface area contributed by atoms with E-state index in [-0.39, 0.29) is 11.2 Å². The number of phenolic OH excluding ortho intramolecular Hbond substituents is 1. The molecule has 0 saturated carbocycles. The molecule has 0 atom stereocenters. The average Bonchev–Trinajstić information content (AvgIpc) is 2.44. The third kappa shape index (κ3) is 2.21. The van der Waals surface area contributed by atoms with Crippen LogP contribution in [0.4, 0.5) is 0 Å². The van der Waals surface area contributed by atoms with Crippen molar-refractivity contribution in [2.75, 3.05) is 0 Å². The molecule has 5 heteroatoms. The van der Waals surface area contributed by atoms with Crippen LogP contribution in [0.15, 0.2) is 56.1 Å². The van der Waals surface area contributed by atoms with Gasteiger partial charge in [-0.25, -0.2) is 0 Å². The zero-order chi connectivity index (χ0) is 14.3. The first-order valence-corrected chi connectivity index (χ1v) is 6.94. The molecule has 100 valence electrons. The summed E-state index contributed by atoms with van der Waals surface area (Å²) < 4.78 is 6.40. The summed E-state index contributed by atoms with van der Waals surface area (Å²) in [4.78, 5) is 12.1. The first-order chi connectivity index (χ1) is 9.56. The van der Waals surface area contributed by atoms with Gasteiger partial charge in [-0.3, -0.25) is 4.79 Å². The number of halogens is 2. The molecular weight excluding hydrogens is 344 g/mol. The normalized spacial score (nSPS) is 10.9. The molecule has 3 nitrogen and oxygen atoms in total. The molecule has 1 N–H and O–H groups in total. The highest BCUT2D eigenvalue weighted by molar-refractivity contribution is 9.10. The molecule has 3 aromatic rings. The van der Waals surface area contributed by atoms with E-state index in [1.165, 1.54) is 18.2 Å². The fraction of sp³-hybridized carbons (Fsp3) is 0. The molecule has 2 aromatic carbocycles. The Labute approximate surface area is 127 Å². The number of hydrogen-bond donors (Lipinski definition) is 1. The van der Waals surface area contributed by atoms with Crippen LogP contribution in [-0.2, 0) is 0 Å². The highest BCUT2D eigenvalue weighted by Crippen LogP contribution is 2.32. The van der Waals surface area contributed by atoms with Crippen molar-refractivity contribution in [3.8, 4) is 17.1 Å². The zero-order valence-corrected chi connectivity index (χ0v) is 12.4. The van der Waals surface area contributed by atoms with Crippen LogP contribution in [0.3, 0.4) is 0 Å².